The van der Waals surface area contributed by atoms with Gasteiger partial charge in [0.15, 0.2) is 0 Å². The van der Waals surface area contributed by atoms with Gasteiger partial charge in [-0.25, -0.2) is 0 Å². The summed E-state index contributed by atoms with van der Waals surface area (Å²) in [5.41, 5.74) is -3.23. The summed E-state index contributed by atoms with van der Waals surface area (Å²) in [6, 6.07) is 2.23. The number of hydrogen-bond acceptors (Lipinski definition) is 0. The fourth-order valence-electron chi connectivity index (χ4n) is 2.08. The Hall–Kier alpha value is -1.03. The van der Waals surface area contributed by atoms with Crippen LogP contribution >= 0.6 is 8.20 Å². The Kier molecular flexibility index (Phi) is 5.71. The lowest BCUT2D eigenvalue weighted by atomic mass is 9.92. The molecule has 0 amide bonds. The van der Waals surface area contributed by atoms with Crippen molar-refractivity contribution in [1.82, 2.24) is 0 Å². The summed E-state index contributed by atoms with van der Waals surface area (Å²) in [4.78, 5) is 0. The van der Waals surface area contributed by atoms with Crippen LogP contribution in [0.3, 0.4) is 0 Å². The molecule has 0 bridgehead atoms. The molecular weight excluding hydrogens is 325 g/mol. The van der Waals surface area contributed by atoms with Crippen LogP contribution in [0.1, 0.15) is 44.4 Å². The molecule has 0 fully saturated rings. The molecule has 1 aromatic rings. The average molecular weight is 342 g/mol. The SMILES string of the molecule is CC(C)P=C(c1c(C(F)(F)F)cccc1C(F)(F)F)C(C)C. The monoisotopic (exact) mass is 342 g/mol. The van der Waals surface area contributed by atoms with Gasteiger partial charge in [0, 0.05) is 5.56 Å². The maximum Gasteiger partial charge on any atom is 0.417 e. The first-order valence-electron chi connectivity index (χ1n) is 6.71. The predicted molar refractivity (Wildman–Crippen MR) is 77.4 cm³/mol. The maximum absolute atomic E-state index is 13.2. The van der Waals surface area contributed by atoms with Gasteiger partial charge in [-0.1, -0.05) is 42.0 Å². The lowest BCUT2D eigenvalue weighted by Gasteiger charge is -2.23. The van der Waals surface area contributed by atoms with Crippen LogP contribution in [0.15, 0.2) is 18.2 Å². The molecule has 0 aliphatic rings. The van der Waals surface area contributed by atoms with E-state index in [4.69, 9.17) is 0 Å². The second-order valence-corrected chi connectivity index (χ2v) is 7.26. The van der Waals surface area contributed by atoms with Crippen LogP contribution in [0.2, 0.25) is 0 Å². The van der Waals surface area contributed by atoms with Crippen molar-refractivity contribution in [2.45, 2.75) is 45.7 Å². The Morgan fingerprint density at radius 2 is 1.27 bits per heavy atom. The Morgan fingerprint density at radius 3 is 1.55 bits per heavy atom. The van der Waals surface area contributed by atoms with E-state index in [0.29, 0.717) is 20.3 Å². The first-order chi connectivity index (χ1) is 9.85. The van der Waals surface area contributed by atoms with Gasteiger partial charge in [-0.15, -0.1) is 0 Å². The lowest BCUT2D eigenvalue weighted by molar-refractivity contribution is -0.143. The highest BCUT2D eigenvalue weighted by molar-refractivity contribution is 7.42. The molecule has 0 heterocycles. The molecular formula is C15H17F6P. The molecule has 0 spiro atoms. The zero-order valence-corrected chi connectivity index (χ0v) is 13.5. The highest BCUT2D eigenvalue weighted by Crippen LogP contribution is 2.41. The quantitative estimate of drug-likeness (QED) is 0.449. The second kappa shape index (κ2) is 6.61. The molecule has 0 aromatic heterocycles. The lowest BCUT2D eigenvalue weighted by Crippen LogP contribution is -2.22. The minimum atomic E-state index is -4.83. The number of hydrogen-bond donors (Lipinski definition) is 0. The zero-order valence-electron chi connectivity index (χ0n) is 12.6. The van der Waals surface area contributed by atoms with Crippen molar-refractivity contribution in [3.05, 3.63) is 34.9 Å². The topological polar surface area (TPSA) is 0 Å². The maximum atomic E-state index is 13.2. The molecule has 0 radical (unpaired) electrons. The van der Waals surface area contributed by atoms with Crippen molar-refractivity contribution in [2.24, 2.45) is 5.92 Å². The summed E-state index contributed by atoms with van der Waals surface area (Å²) < 4.78 is 79.2. The van der Waals surface area contributed by atoms with E-state index >= 15 is 0 Å². The third-order valence-corrected chi connectivity index (χ3v) is 4.41. The molecule has 0 aliphatic heterocycles. The number of benzene rings is 1. The molecule has 0 atom stereocenters. The smallest absolute Gasteiger partial charge is 0.166 e. The van der Waals surface area contributed by atoms with Crippen LogP contribution in [0, 0.1) is 5.92 Å². The zero-order chi connectivity index (χ0) is 17.3. The van der Waals surface area contributed by atoms with Gasteiger partial charge < -0.3 is 0 Å². The van der Waals surface area contributed by atoms with Crippen molar-refractivity contribution in [1.29, 1.82) is 0 Å². The Labute approximate surface area is 127 Å². The largest absolute Gasteiger partial charge is 0.417 e. The van der Waals surface area contributed by atoms with Gasteiger partial charge in [0.25, 0.3) is 0 Å². The van der Waals surface area contributed by atoms with Crippen molar-refractivity contribution >= 4 is 13.5 Å². The van der Waals surface area contributed by atoms with Gasteiger partial charge >= 0.3 is 12.4 Å². The Bertz CT molecular complexity index is 520. The highest BCUT2D eigenvalue weighted by Gasteiger charge is 2.41. The van der Waals surface area contributed by atoms with Crippen LogP contribution in [0.25, 0.3) is 0 Å². The Morgan fingerprint density at radius 1 is 0.864 bits per heavy atom. The number of alkyl halides is 6. The van der Waals surface area contributed by atoms with Gasteiger partial charge in [0.2, 0.25) is 0 Å². The van der Waals surface area contributed by atoms with Crippen LogP contribution in [-0.2, 0) is 12.4 Å². The third-order valence-electron chi connectivity index (χ3n) is 2.88. The van der Waals surface area contributed by atoms with E-state index < -0.39 is 35.0 Å². The van der Waals surface area contributed by atoms with Gasteiger partial charge in [-0.2, -0.15) is 26.3 Å². The molecule has 0 N–H and O–H groups in total. The normalized spacial score (nSPS) is 14.1. The molecule has 0 saturated heterocycles. The first-order valence-corrected chi connectivity index (χ1v) is 7.67. The summed E-state index contributed by atoms with van der Waals surface area (Å²) >= 11 is 0. The van der Waals surface area contributed by atoms with Crippen LogP contribution in [0.5, 0.6) is 0 Å². The standard InChI is InChI=1S/C15H17F6P/c1-8(2)13(22-9(3)4)12-10(14(16,17)18)6-5-7-11(12)15(19,20)21/h5-9H,1-4H3. The molecule has 0 aliphatic carbocycles. The molecule has 0 saturated carbocycles. The summed E-state index contributed by atoms with van der Waals surface area (Å²) in [5, 5.41) is 0.162. The Balaban J connectivity index is 3.81. The van der Waals surface area contributed by atoms with E-state index in [2.05, 4.69) is 0 Å². The van der Waals surface area contributed by atoms with Gasteiger partial charge in [-0.3, -0.25) is 0 Å². The molecule has 1 rings (SSSR count). The van der Waals surface area contributed by atoms with Gasteiger partial charge in [0.05, 0.1) is 11.1 Å². The van der Waals surface area contributed by atoms with Crippen molar-refractivity contribution in [3.63, 3.8) is 0 Å². The highest BCUT2D eigenvalue weighted by atomic mass is 31.1. The van der Waals surface area contributed by atoms with Gasteiger partial charge in [-0.05, 0) is 29.0 Å². The summed E-state index contributed by atoms with van der Waals surface area (Å²) in [5.74, 6) is -0.423. The van der Waals surface area contributed by atoms with E-state index in [9.17, 15) is 26.3 Å². The fraction of sp³-hybridized carbons (Fsp3) is 0.533. The third kappa shape index (κ3) is 4.48. The summed E-state index contributed by atoms with van der Waals surface area (Å²) in [7, 11) is 0.472. The molecule has 0 nitrogen and oxygen atoms in total. The summed E-state index contributed by atoms with van der Waals surface area (Å²) in [6.07, 6.45) is -9.66. The molecule has 124 valence electrons. The van der Waals surface area contributed by atoms with Crippen LogP contribution < -0.4 is 0 Å². The first kappa shape index (κ1) is 19.0. The predicted octanol–water partition coefficient (Wildman–Crippen LogP) is 6.26. The molecule has 22 heavy (non-hydrogen) atoms. The second-order valence-electron chi connectivity index (χ2n) is 5.49. The van der Waals surface area contributed by atoms with E-state index in [-0.39, 0.29) is 11.0 Å². The van der Waals surface area contributed by atoms with Crippen molar-refractivity contribution < 1.29 is 26.3 Å². The molecule has 7 heteroatoms. The minimum Gasteiger partial charge on any atom is -0.166 e. The summed E-state index contributed by atoms with van der Waals surface area (Å²) in [6.45, 7) is 6.73. The van der Waals surface area contributed by atoms with E-state index in [0.717, 1.165) is 6.07 Å². The van der Waals surface area contributed by atoms with E-state index in [1.54, 1.807) is 27.7 Å². The van der Waals surface area contributed by atoms with Gasteiger partial charge in [0.1, 0.15) is 0 Å². The fourth-order valence-corrected chi connectivity index (χ4v) is 3.31. The molecule has 1 aromatic carbocycles. The van der Waals surface area contributed by atoms with Crippen LogP contribution in [-0.4, -0.2) is 11.0 Å². The average Bonchev–Trinajstić information content (AvgIpc) is 2.32. The van der Waals surface area contributed by atoms with Crippen molar-refractivity contribution in [3.8, 4) is 0 Å². The van der Waals surface area contributed by atoms with E-state index in [1.165, 1.54) is 0 Å². The minimum absolute atomic E-state index is 0.0697. The van der Waals surface area contributed by atoms with Crippen LogP contribution in [0.4, 0.5) is 26.3 Å². The van der Waals surface area contributed by atoms with Crippen molar-refractivity contribution in [2.75, 3.05) is 0 Å². The molecule has 0 unspecified atom stereocenters. The number of halogens is 6. The number of rotatable bonds is 3. The van der Waals surface area contributed by atoms with E-state index in [1.807, 2.05) is 0 Å².